The number of sulfone groups is 1. The molecule has 0 amide bonds. The van der Waals surface area contributed by atoms with Crippen molar-refractivity contribution in [1.82, 2.24) is 0 Å². The highest BCUT2D eigenvalue weighted by atomic mass is 32.2. The van der Waals surface area contributed by atoms with E-state index in [1.807, 2.05) is 0 Å². The van der Waals surface area contributed by atoms with Gasteiger partial charge in [0.15, 0.2) is 9.84 Å². The Bertz CT molecular complexity index is 687. The van der Waals surface area contributed by atoms with Crippen LogP contribution in [0.15, 0.2) is 41.6 Å². The van der Waals surface area contributed by atoms with Gasteiger partial charge < -0.3 is 9.47 Å². The molecular formula is C17H23FO5S. The number of methoxy groups -OCH3 is 1. The Balaban J connectivity index is 3.02. The van der Waals surface area contributed by atoms with Crippen molar-refractivity contribution in [2.75, 3.05) is 12.9 Å². The Hall–Kier alpha value is -1.89. The van der Waals surface area contributed by atoms with Crippen LogP contribution in [0.2, 0.25) is 0 Å². The van der Waals surface area contributed by atoms with Crippen LogP contribution in [0, 0.1) is 5.92 Å². The first-order chi connectivity index (χ1) is 10.9. The van der Waals surface area contributed by atoms with E-state index >= 15 is 0 Å². The van der Waals surface area contributed by atoms with Crippen LogP contribution >= 0.6 is 0 Å². The number of halogens is 1. The topological polar surface area (TPSA) is 69.7 Å². The maximum absolute atomic E-state index is 13.2. The first-order valence-electron chi connectivity index (χ1n) is 7.37. The second-order valence-corrected chi connectivity index (χ2v) is 8.44. The van der Waals surface area contributed by atoms with Gasteiger partial charge in [-0.2, -0.15) is 0 Å². The summed E-state index contributed by atoms with van der Waals surface area (Å²) < 4.78 is 48.4. The summed E-state index contributed by atoms with van der Waals surface area (Å²) in [6, 6.07) is 5.77. The predicted molar refractivity (Wildman–Crippen MR) is 89.2 cm³/mol. The molecule has 134 valence electrons. The van der Waals surface area contributed by atoms with Gasteiger partial charge in [0, 0.05) is 6.42 Å². The molecule has 0 spiro atoms. The molecule has 0 unspecified atom stereocenters. The number of hydrogen-bond acceptors (Lipinski definition) is 5. The van der Waals surface area contributed by atoms with Gasteiger partial charge in [-0.05, 0) is 45.0 Å². The van der Waals surface area contributed by atoms with Crippen LogP contribution in [0.5, 0.6) is 5.75 Å². The van der Waals surface area contributed by atoms with Crippen LogP contribution in [0.25, 0.3) is 0 Å². The summed E-state index contributed by atoms with van der Waals surface area (Å²) in [5.41, 5.74) is -0.795. The summed E-state index contributed by atoms with van der Waals surface area (Å²) in [6.45, 7) is 8.08. The van der Waals surface area contributed by atoms with E-state index in [2.05, 4.69) is 6.58 Å². The van der Waals surface area contributed by atoms with Crippen molar-refractivity contribution in [2.45, 2.75) is 37.7 Å². The van der Waals surface area contributed by atoms with Crippen LogP contribution in [-0.2, 0) is 19.4 Å². The molecule has 1 atom stereocenters. The summed E-state index contributed by atoms with van der Waals surface area (Å²) in [5, 5.41) is 0. The molecule has 0 N–H and O–H groups in total. The lowest BCUT2D eigenvalue weighted by Crippen LogP contribution is -2.32. The molecule has 1 rings (SSSR count). The number of rotatable bonds is 7. The third-order valence-electron chi connectivity index (χ3n) is 3.05. The molecule has 0 fully saturated rings. The number of esters is 1. The molecule has 7 heteroatoms. The lowest BCUT2D eigenvalue weighted by Gasteiger charge is -2.23. The zero-order valence-electron chi connectivity index (χ0n) is 14.3. The molecule has 1 aromatic rings. The molecular weight excluding hydrogens is 335 g/mol. The van der Waals surface area contributed by atoms with Gasteiger partial charge in [-0.1, -0.05) is 6.58 Å². The quantitative estimate of drug-likeness (QED) is 0.700. The van der Waals surface area contributed by atoms with Gasteiger partial charge in [0.05, 0.1) is 29.5 Å². The second kappa shape index (κ2) is 7.79. The third-order valence-corrected chi connectivity index (χ3v) is 4.88. The van der Waals surface area contributed by atoms with Crippen molar-refractivity contribution < 1.29 is 27.1 Å². The summed E-state index contributed by atoms with van der Waals surface area (Å²) in [7, 11) is -2.33. The lowest BCUT2D eigenvalue weighted by molar-refractivity contribution is -0.159. The molecule has 0 heterocycles. The molecule has 24 heavy (non-hydrogen) atoms. The predicted octanol–water partition coefficient (Wildman–Crippen LogP) is 3.30. The highest BCUT2D eigenvalue weighted by Gasteiger charge is 2.31. The zero-order chi connectivity index (χ0) is 18.5. The first kappa shape index (κ1) is 20.2. The maximum atomic E-state index is 13.2. The van der Waals surface area contributed by atoms with E-state index in [-0.39, 0.29) is 4.90 Å². The van der Waals surface area contributed by atoms with Gasteiger partial charge in [-0.15, -0.1) is 0 Å². The van der Waals surface area contributed by atoms with Crippen LogP contribution in [0.1, 0.15) is 27.2 Å². The molecule has 0 aliphatic heterocycles. The van der Waals surface area contributed by atoms with Crippen LogP contribution in [-0.4, -0.2) is 32.9 Å². The second-order valence-electron chi connectivity index (χ2n) is 6.41. The SMILES string of the molecule is C=C(F)C[C@@H](CS(=O)(=O)c1ccc(OC)cc1)C(=O)OC(C)(C)C. The van der Waals surface area contributed by atoms with Gasteiger partial charge in [0.2, 0.25) is 0 Å². The number of benzene rings is 1. The largest absolute Gasteiger partial charge is 0.497 e. The van der Waals surface area contributed by atoms with Crippen molar-refractivity contribution in [1.29, 1.82) is 0 Å². The molecule has 0 aromatic heterocycles. The van der Waals surface area contributed by atoms with E-state index in [0.29, 0.717) is 5.75 Å². The highest BCUT2D eigenvalue weighted by Crippen LogP contribution is 2.23. The normalized spacial score (nSPS) is 13.2. The zero-order valence-corrected chi connectivity index (χ0v) is 15.2. The van der Waals surface area contributed by atoms with Gasteiger partial charge in [0.25, 0.3) is 0 Å². The standard InChI is InChI=1S/C17H23FO5S/c1-12(18)10-13(16(19)23-17(2,3)4)11-24(20,21)15-8-6-14(22-5)7-9-15/h6-9,13H,1,10-11H2,2-5H3/t13-/m0/s1. The van der Waals surface area contributed by atoms with Crippen LogP contribution < -0.4 is 4.74 Å². The summed E-state index contributed by atoms with van der Waals surface area (Å²) >= 11 is 0. The minimum Gasteiger partial charge on any atom is -0.497 e. The van der Waals surface area contributed by atoms with Crippen molar-refractivity contribution in [3.63, 3.8) is 0 Å². The van der Waals surface area contributed by atoms with Gasteiger partial charge >= 0.3 is 5.97 Å². The summed E-state index contributed by atoms with van der Waals surface area (Å²) in [6.07, 6.45) is -0.399. The summed E-state index contributed by atoms with van der Waals surface area (Å²) in [5.74, 6) is -2.74. The molecule has 0 aliphatic carbocycles. The maximum Gasteiger partial charge on any atom is 0.310 e. The van der Waals surface area contributed by atoms with E-state index in [1.54, 1.807) is 20.8 Å². The Kier molecular flexibility index (Phi) is 6.54. The Morgan fingerprint density at radius 2 is 1.79 bits per heavy atom. The fourth-order valence-electron chi connectivity index (χ4n) is 2.01. The van der Waals surface area contributed by atoms with Crippen molar-refractivity contribution in [3.8, 4) is 5.75 Å². The molecule has 0 saturated heterocycles. The number of carbonyl (C=O) groups excluding carboxylic acids is 1. The number of carbonyl (C=O) groups is 1. The Labute approximate surface area is 142 Å². The Morgan fingerprint density at radius 3 is 2.21 bits per heavy atom. The molecule has 0 radical (unpaired) electrons. The van der Waals surface area contributed by atoms with Gasteiger partial charge in [-0.25, -0.2) is 12.8 Å². The van der Waals surface area contributed by atoms with Crippen LogP contribution in [0.4, 0.5) is 4.39 Å². The molecule has 0 aliphatic rings. The van der Waals surface area contributed by atoms with E-state index in [9.17, 15) is 17.6 Å². The smallest absolute Gasteiger partial charge is 0.310 e. The van der Waals surface area contributed by atoms with Crippen molar-refractivity contribution >= 4 is 15.8 Å². The fraction of sp³-hybridized carbons (Fsp3) is 0.471. The van der Waals surface area contributed by atoms with Gasteiger partial charge in [0.1, 0.15) is 11.4 Å². The van der Waals surface area contributed by atoms with E-state index < -0.39 is 45.3 Å². The molecule has 0 bridgehead atoms. The highest BCUT2D eigenvalue weighted by molar-refractivity contribution is 7.91. The van der Waals surface area contributed by atoms with E-state index in [4.69, 9.17) is 9.47 Å². The summed E-state index contributed by atoms with van der Waals surface area (Å²) in [4.78, 5) is 12.2. The van der Waals surface area contributed by atoms with E-state index in [0.717, 1.165) is 0 Å². The molecule has 5 nitrogen and oxygen atoms in total. The first-order valence-corrected chi connectivity index (χ1v) is 9.03. The fourth-order valence-corrected chi connectivity index (χ4v) is 3.53. The van der Waals surface area contributed by atoms with Crippen LogP contribution in [0.3, 0.4) is 0 Å². The van der Waals surface area contributed by atoms with Crippen molar-refractivity contribution in [3.05, 3.63) is 36.7 Å². The minimum atomic E-state index is -3.79. The number of hydrogen-bond donors (Lipinski definition) is 0. The van der Waals surface area contributed by atoms with E-state index in [1.165, 1.54) is 31.4 Å². The third kappa shape index (κ3) is 6.31. The minimum absolute atomic E-state index is 0.0290. The molecule has 1 aromatic carbocycles. The Morgan fingerprint density at radius 1 is 1.25 bits per heavy atom. The van der Waals surface area contributed by atoms with Gasteiger partial charge in [-0.3, -0.25) is 4.79 Å². The number of allylic oxidation sites excluding steroid dienone is 1. The average Bonchev–Trinajstić information content (AvgIpc) is 2.44. The average molecular weight is 358 g/mol. The lowest BCUT2D eigenvalue weighted by atomic mass is 10.1. The van der Waals surface area contributed by atoms with Crippen molar-refractivity contribution in [2.24, 2.45) is 5.92 Å². The molecule has 0 saturated carbocycles. The monoisotopic (exact) mass is 358 g/mol. The number of ether oxygens (including phenoxy) is 2.